The zero-order valence-corrected chi connectivity index (χ0v) is 11.1. The minimum atomic E-state index is 0.551. The molecule has 0 radical (unpaired) electrons. The molecule has 0 saturated carbocycles. The van der Waals surface area contributed by atoms with Crippen molar-refractivity contribution >= 4 is 0 Å². The van der Waals surface area contributed by atoms with Crippen LogP contribution in [0.1, 0.15) is 16.8 Å². The number of imidazole rings is 1. The number of hydrogen-bond acceptors (Lipinski definition) is 4. The first-order valence-corrected chi connectivity index (χ1v) is 5.99. The average Bonchev–Trinajstić information content (AvgIpc) is 2.86. The zero-order valence-electron chi connectivity index (χ0n) is 11.1. The quantitative estimate of drug-likeness (QED) is 0.881. The highest BCUT2D eigenvalue weighted by atomic mass is 16.5. The van der Waals surface area contributed by atoms with Crippen molar-refractivity contribution in [1.29, 1.82) is 5.26 Å². The van der Waals surface area contributed by atoms with Crippen LogP contribution in [0.5, 0.6) is 5.75 Å². The van der Waals surface area contributed by atoms with E-state index in [2.05, 4.69) is 16.4 Å². The van der Waals surface area contributed by atoms with Gasteiger partial charge in [-0.05, 0) is 24.7 Å². The summed E-state index contributed by atoms with van der Waals surface area (Å²) in [6, 6.07) is 7.76. The second-order valence-electron chi connectivity index (χ2n) is 4.21. The summed E-state index contributed by atoms with van der Waals surface area (Å²) < 4.78 is 7.12. The smallest absolute Gasteiger partial charge is 0.136 e. The highest BCUT2D eigenvalue weighted by molar-refractivity contribution is 5.45. The molecule has 0 bridgehead atoms. The van der Waals surface area contributed by atoms with Crippen LogP contribution >= 0.6 is 0 Å². The Hall–Kier alpha value is -2.32. The molecule has 2 rings (SSSR count). The van der Waals surface area contributed by atoms with E-state index in [1.54, 1.807) is 13.4 Å². The highest BCUT2D eigenvalue weighted by Crippen LogP contribution is 2.19. The largest absolute Gasteiger partial charge is 0.495 e. The Balaban J connectivity index is 2.16. The van der Waals surface area contributed by atoms with E-state index in [4.69, 9.17) is 10.00 Å². The molecule has 5 heteroatoms. The number of hydrogen-bond donors (Lipinski definition) is 1. The molecule has 98 valence electrons. The molecule has 1 aromatic carbocycles. The molecule has 0 atom stereocenters. The van der Waals surface area contributed by atoms with Crippen molar-refractivity contribution in [3.63, 3.8) is 0 Å². The molecule has 0 aliphatic rings. The second-order valence-corrected chi connectivity index (χ2v) is 4.21. The summed E-state index contributed by atoms with van der Waals surface area (Å²) in [5.41, 5.74) is 2.60. The molecule has 0 fully saturated rings. The van der Waals surface area contributed by atoms with E-state index >= 15 is 0 Å². The van der Waals surface area contributed by atoms with Crippen molar-refractivity contribution in [3.8, 4) is 11.8 Å². The standard InChI is InChI=1S/C14H16N4O/c1-16-7-13-9-18(10-17-13)8-11-3-4-14(19-2)12(5-11)6-15/h3-5,9-10,16H,7-8H2,1-2H3. The fourth-order valence-corrected chi connectivity index (χ4v) is 1.92. The van der Waals surface area contributed by atoms with Crippen LogP contribution in [0.4, 0.5) is 0 Å². The lowest BCUT2D eigenvalue weighted by molar-refractivity contribution is 0.413. The fourth-order valence-electron chi connectivity index (χ4n) is 1.92. The van der Waals surface area contributed by atoms with E-state index < -0.39 is 0 Å². The highest BCUT2D eigenvalue weighted by Gasteiger charge is 2.05. The summed E-state index contributed by atoms with van der Waals surface area (Å²) in [6.45, 7) is 1.44. The predicted molar refractivity (Wildman–Crippen MR) is 71.8 cm³/mol. The van der Waals surface area contributed by atoms with Crippen LogP contribution in [0.2, 0.25) is 0 Å². The van der Waals surface area contributed by atoms with Crippen molar-refractivity contribution in [2.24, 2.45) is 0 Å². The molecule has 1 N–H and O–H groups in total. The number of nitrogens with zero attached hydrogens (tertiary/aromatic N) is 3. The molecule has 0 aliphatic carbocycles. The summed E-state index contributed by atoms with van der Waals surface area (Å²) >= 11 is 0. The van der Waals surface area contributed by atoms with Crippen LogP contribution in [0.15, 0.2) is 30.7 Å². The van der Waals surface area contributed by atoms with Gasteiger partial charge in [-0.25, -0.2) is 4.98 Å². The van der Waals surface area contributed by atoms with Gasteiger partial charge in [0, 0.05) is 19.3 Å². The first-order chi connectivity index (χ1) is 9.26. The molecular weight excluding hydrogens is 240 g/mol. The van der Waals surface area contributed by atoms with Gasteiger partial charge in [0.1, 0.15) is 11.8 Å². The van der Waals surface area contributed by atoms with E-state index in [0.717, 1.165) is 17.8 Å². The molecule has 0 spiro atoms. The molecule has 1 aromatic heterocycles. The maximum absolute atomic E-state index is 9.06. The summed E-state index contributed by atoms with van der Waals surface area (Å²) in [6.07, 6.45) is 3.79. The molecule has 5 nitrogen and oxygen atoms in total. The number of benzene rings is 1. The van der Waals surface area contributed by atoms with Crippen LogP contribution in [-0.4, -0.2) is 23.7 Å². The lowest BCUT2D eigenvalue weighted by Gasteiger charge is -2.06. The van der Waals surface area contributed by atoms with Gasteiger partial charge in [-0.15, -0.1) is 0 Å². The van der Waals surface area contributed by atoms with Crippen molar-refractivity contribution in [2.75, 3.05) is 14.2 Å². The van der Waals surface area contributed by atoms with Crippen LogP contribution in [-0.2, 0) is 13.1 Å². The number of nitriles is 1. The normalized spacial score (nSPS) is 10.2. The maximum Gasteiger partial charge on any atom is 0.136 e. The maximum atomic E-state index is 9.06. The van der Waals surface area contributed by atoms with Gasteiger partial charge in [0.2, 0.25) is 0 Å². The Morgan fingerprint density at radius 1 is 1.47 bits per heavy atom. The number of methoxy groups -OCH3 is 1. The topological polar surface area (TPSA) is 62.9 Å². The van der Waals surface area contributed by atoms with E-state index in [-0.39, 0.29) is 0 Å². The average molecular weight is 256 g/mol. The monoisotopic (exact) mass is 256 g/mol. The van der Waals surface area contributed by atoms with Gasteiger partial charge < -0.3 is 14.6 Å². The lowest BCUT2D eigenvalue weighted by atomic mass is 10.1. The first-order valence-electron chi connectivity index (χ1n) is 5.99. The summed E-state index contributed by atoms with van der Waals surface area (Å²) in [5, 5.41) is 12.1. The number of rotatable bonds is 5. The number of nitrogens with one attached hydrogen (secondary N) is 1. The fraction of sp³-hybridized carbons (Fsp3) is 0.286. The lowest BCUT2D eigenvalue weighted by Crippen LogP contribution is -2.05. The van der Waals surface area contributed by atoms with Gasteiger partial charge in [0.15, 0.2) is 0 Å². The second kappa shape index (κ2) is 6.03. The van der Waals surface area contributed by atoms with Crippen molar-refractivity contribution < 1.29 is 4.74 Å². The van der Waals surface area contributed by atoms with Gasteiger partial charge >= 0.3 is 0 Å². The third-order valence-electron chi connectivity index (χ3n) is 2.79. The Kier molecular flexibility index (Phi) is 4.16. The van der Waals surface area contributed by atoms with Crippen molar-refractivity contribution in [1.82, 2.24) is 14.9 Å². The van der Waals surface area contributed by atoms with Gasteiger partial charge in [-0.1, -0.05) is 6.07 Å². The molecule has 0 aliphatic heterocycles. The van der Waals surface area contributed by atoms with Crippen molar-refractivity contribution in [2.45, 2.75) is 13.1 Å². The minimum Gasteiger partial charge on any atom is -0.495 e. The van der Waals surface area contributed by atoms with Crippen LogP contribution in [0.3, 0.4) is 0 Å². The molecule has 19 heavy (non-hydrogen) atoms. The molecule has 0 unspecified atom stereocenters. The van der Waals surface area contributed by atoms with E-state index in [1.165, 1.54) is 0 Å². The molecule has 0 amide bonds. The van der Waals surface area contributed by atoms with E-state index in [9.17, 15) is 0 Å². The number of ether oxygens (including phenoxy) is 1. The first kappa shape index (κ1) is 13.1. The van der Waals surface area contributed by atoms with Gasteiger partial charge in [-0.2, -0.15) is 5.26 Å². The minimum absolute atomic E-state index is 0.551. The van der Waals surface area contributed by atoms with Gasteiger partial charge in [0.05, 0.1) is 24.7 Å². The van der Waals surface area contributed by atoms with E-state index in [1.807, 2.05) is 36.0 Å². The summed E-state index contributed by atoms with van der Waals surface area (Å²) in [7, 11) is 3.46. The van der Waals surface area contributed by atoms with E-state index in [0.29, 0.717) is 17.9 Å². The Morgan fingerprint density at radius 2 is 2.32 bits per heavy atom. The summed E-state index contributed by atoms with van der Waals surface area (Å²) in [4.78, 5) is 4.29. The SMILES string of the molecule is CNCc1cn(Cc2ccc(OC)c(C#N)c2)cn1. The van der Waals surface area contributed by atoms with Crippen LogP contribution < -0.4 is 10.1 Å². The van der Waals surface area contributed by atoms with Crippen molar-refractivity contribution in [3.05, 3.63) is 47.5 Å². The Labute approximate surface area is 112 Å². The molecule has 2 aromatic rings. The number of aromatic nitrogens is 2. The molecule has 0 saturated heterocycles. The molecule has 1 heterocycles. The third-order valence-corrected chi connectivity index (χ3v) is 2.79. The Morgan fingerprint density at radius 3 is 3.00 bits per heavy atom. The van der Waals surface area contributed by atoms with Crippen LogP contribution in [0, 0.1) is 11.3 Å². The van der Waals surface area contributed by atoms with Gasteiger partial charge in [0.25, 0.3) is 0 Å². The summed E-state index contributed by atoms with van der Waals surface area (Å²) in [5.74, 6) is 0.604. The molecular formula is C14H16N4O. The zero-order chi connectivity index (χ0) is 13.7. The van der Waals surface area contributed by atoms with Crippen LogP contribution in [0.25, 0.3) is 0 Å². The Bertz CT molecular complexity index is 598. The van der Waals surface area contributed by atoms with Gasteiger partial charge in [-0.3, -0.25) is 0 Å². The third kappa shape index (κ3) is 3.12. The predicted octanol–water partition coefficient (Wildman–Crippen LogP) is 1.53.